The summed E-state index contributed by atoms with van der Waals surface area (Å²) in [6.07, 6.45) is 3.09. The highest BCUT2D eigenvalue weighted by Crippen LogP contribution is 2.34. The van der Waals surface area contributed by atoms with E-state index >= 15 is 0 Å². The standard InChI is InChI=1S/C14H18ClNO2/c15-11-1-3-12(4-2-11)16-13-5-7-18-14(9-13)6-8-17-10-14/h1-4,13,16H,5-10H2. The Bertz CT molecular complexity index is 401. The molecule has 2 atom stereocenters. The Morgan fingerprint density at radius 3 is 2.78 bits per heavy atom. The maximum Gasteiger partial charge on any atom is 0.0956 e. The molecule has 0 amide bonds. The van der Waals surface area contributed by atoms with Gasteiger partial charge < -0.3 is 14.8 Å². The molecule has 0 aliphatic carbocycles. The zero-order valence-electron chi connectivity index (χ0n) is 10.3. The van der Waals surface area contributed by atoms with Crippen LogP contribution >= 0.6 is 11.6 Å². The van der Waals surface area contributed by atoms with E-state index in [2.05, 4.69) is 5.32 Å². The summed E-state index contributed by atoms with van der Waals surface area (Å²) in [5.41, 5.74) is 1.09. The fraction of sp³-hybridized carbons (Fsp3) is 0.571. The van der Waals surface area contributed by atoms with Crippen LogP contribution in [0.25, 0.3) is 0 Å². The van der Waals surface area contributed by atoms with Crippen molar-refractivity contribution in [1.29, 1.82) is 0 Å². The molecule has 1 aromatic carbocycles. The van der Waals surface area contributed by atoms with Crippen molar-refractivity contribution < 1.29 is 9.47 Å². The van der Waals surface area contributed by atoms with Gasteiger partial charge in [-0.1, -0.05) is 11.6 Å². The largest absolute Gasteiger partial charge is 0.382 e. The molecule has 1 N–H and O–H groups in total. The highest BCUT2D eigenvalue weighted by Gasteiger charge is 2.40. The van der Waals surface area contributed by atoms with Gasteiger partial charge in [-0.25, -0.2) is 0 Å². The summed E-state index contributed by atoms with van der Waals surface area (Å²) in [4.78, 5) is 0. The monoisotopic (exact) mass is 267 g/mol. The van der Waals surface area contributed by atoms with Gasteiger partial charge in [0.05, 0.1) is 12.2 Å². The molecule has 2 aliphatic heterocycles. The SMILES string of the molecule is Clc1ccc(NC2CCOC3(CCOC3)C2)cc1. The van der Waals surface area contributed by atoms with Crippen LogP contribution in [0.3, 0.4) is 0 Å². The summed E-state index contributed by atoms with van der Waals surface area (Å²) in [6, 6.07) is 8.34. The van der Waals surface area contributed by atoms with Crippen molar-refractivity contribution in [3.63, 3.8) is 0 Å². The van der Waals surface area contributed by atoms with Gasteiger partial charge in [0.2, 0.25) is 0 Å². The van der Waals surface area contributed by atoms with Crippen LogP contribution < -0.4 is 5.32 Å². The van der Waals surface area contributed by atoms with Crippen LogP contribution in [0.15, 0.2) is 24.3 Å². The van der Waals surface area contributed by atoms with Gasteiger partial charge in [0.25, 0.3) is 0 Å². The summed E-state index contributed by atoms with van der Waals surface area (Å²) in [5, 5.41) is 4.34. The Morgan fingerprint density at radius 2 is 2.06 bits per heavy atom. The molecule has 3 rings (SSSR count). The average molecular weight is 268 g/mol. The molecule has 4 heteroatoms. The molecule has 0 saturated carbocycles. The van der Waals surface area contributed by atoms with Gasteiger partial charge in [-0.05, 0) is 37.1 Å². The van der Waals surface area contributed by atoms with E-state index in [0.29, 0.717) is 6.04 Å². The van der Waals surface area contributed by atoms with Crippen LogP contribution in [0.2, 0.25) is 5.02 Å². The minimum absolute atomic E-state index is 0.0393. The molecule has 2 heterocycles. The average Bonchev–Trinajstić information content (AvgIpc) is 2.80. The summed E-state index contributed by atoms with van der Waals surface area (Å²) < 4.78 is 11.4. The number of nitrogens with one attached hydrogen (secondary N) is 1. The molecule has 2 unspecified atom stereocenters. The molecule has 18 heavy (non-hydrogen) atoms. The topological polar surface area (TPSA) is 30.5 Å². The molecule has 1 aromatic rings. The minimum atomic E-state index is -0.0393. The lowest BCUT2D eigenvalue weighted by Crippen LogP contribution is -2.44. The molecular formula is C14H18ClNO2. The number of benzene rings is 1. The first kappa shape index (κ1) is 12.3. The third kappa shape index (κ3) is 2.63. The Labute approximate surface area is 112 Å². The van der Waals surface area contributed by atoms with Gasteiger partial charge in [-0.15, -0.1) is 0 Å². The zero-order chi connectivity index (χ0) is 12.4. The molecule has 2 fully saturated rings. The Morgan fingerprint density at radius 1 is 1.22 bits per heavy atom. The highest BCUT2D eigenvalue weighted by molar-refractivity contribution is 6.30. The van der Waals surface area contributed by atoms with E-state index in [0.717, 1.165) is 49.8 Å². The van der Waals surface area contributed by atoms with Crippen LogP contribution in [0.1, 0.15) is 19.3 Å². The predicted molar refractivity (Wildman–Crippen MR) is 72.2 cm³/mol. The minimum Gasteiger partial charge on any atom is -0.382 e. The van der Waals surface area contributed by atoms with E-state index in [1.807, 2.05) is 24.3 Å². The first-order chi connectivity index (χ1) is 8.76. The van der Waals surface area contributed by atoms with Crippen molar-refractivity contribution in [3.05, 3.63) is 29.3 Å². The fourth-order valence-electron chi connectivity index (χ4n) is 2.80. The van der Waals surface area contributed by atoms with E-state index in [4.69, 9.17) is 21.1 Å². The van der Waals surface area contributed by atoms with Crippen LogP contribution in [0.5, 0.6) is 0 Å². The van der Waals surface area contributed by atoms with Gasteiger partial charge >= 0.3 is 0 Å². The highest BCUT2D eigenvalue weighted by atomic mass is 35.5. The van der Waals surface area contributed by atoms with Crippen molar-refractivity contribution in [2.45, 2.75) is 30.9 Å². The molecule has 0 bridgehead atoms. The molecule has 2 aliphatic rings. The van der Waals surface area contributed by atoms with E-state index < -0.39 is 0 Å². The number of ether oxygens (including phenoxy) is 2. The zero-order valence-corrected chi connectivity index (χ0v) is 11.1. The van der Waals surface area contributed by atoms with Gasteiger partial charge in [-0.2, -0.15) is 0 Å². The van der Waals surface area contributed by atoms with Gasteiger partial charge in [0.15, 0.2) is 0 Å². The Kier molecular flexibility index (Phi) is 3.46. The van der Waals surface area contributed by atoms with Crippen LogP contribution in [0.4, 0.5) is 5.69 Å². The number of hydrogen-bond acceptors (Lipinski definition) is 3. The summed E-state index contributed by atoms with van der Waals surface area (Å²) in [7, 11) is 0. The van der Waals surface area contributed by atoms with Crippen LogP contribution in [-0.2, 0) is 9.47 Å². The lowest BCUT2D eigenvalue weighted by atomic mass is 9.89. The molecule has 0 radical (unpaired) electrons. The molecule has 1 spiro atoms. The summed E-state index contributed by atoms with van der Waals surface area (Å²) in [5.74, 6) is 0. The smallest absolute Gasteiger partial charge is 0.0956 e. The first-order valence-corrected chi connectivity index (χ1v) is 6.87. The molecule has 3 nitrogen and oxygen atoms in total. The van der Waals surface area contributed by atoms with Gasteiger partial charge in [-0.3, -0.25) is 0 Å². The van der Waals surface area contributed by atoms with E-state index in [9.17, 15) is 0 Å². The number of rotatable bonds is 2. The normalized spacial score (nSPS) is 31.7. The maximum atomic E-state index is 5.93. The number of anilines is 1. The van der Waals surface area contributed by atoms with Gasteiger partial charge in [0.1, 0.15) is 0 Å². The number of halogens is 1. The van der Waals surface area contributed by atoms with Crippen molar-refractivity contribution >= 4 is 17.3 Å². The van der Waals surface area contributed by atoms with E-state index in [-0.39, 0.29) is 5.60 Å². The molecule has 98 valence electrons. The second-order valence-electron chi connectivity index (χ2n) is 5.18. The maximum absolute atomic E-state index is 5.93. The fourth-order valence-corrected chi connectivity index (χ4v) is 2.92. The molecule has 0 aromatic heterocycles. The Hall–Kier alpha value is -0.770. The summed E-state index contributed by atoms with van der Waals surface area (Å²) in [6.45, 7) is 2.38. The van der Waals surface area contributed by atoms with E-state index in [1.165, 1.54) is 0 Å². The second-order valence-corrected chi connectivity index (χ2v) is 5.61. The third-order valence-electron chi connectivity index (χ3n) is 3.78. The van der Waals surface area contributed by atoms with Crippen LogP contribution in [-0.4, -0.2) is 31.5 Å². The van der Waals surface area contributed by atoms with Gasteiger partial charge in [0, 0.05) is 36.4 Å². The van der Waals surface area contributed by atoms with E-state index in [1.54, 1.807) is 0 Å². The summed E-state index contributed by atoms with van der Waals surface area (Å²) >= 11 is 5.89. The third-order valence-corrected chi connectivity index (χ3v) is 4.03. The lowest BCUT2D eigenvalue weighted by molar-refractivity contribution is -0.0828. The first-order valence-electron chi connectivity index (χ1n) is 6.50. The quantitative estimate of drug-likeness (QED) is 0.893. The lowest BCUT2D eigenvalue weighted by Gasteiger charge is -2.37. The van der Waals surface area contributed by atoms with Crippen molar-refractivity contribution in [3.8, 4) is 0 Å². The second kappa shape index (κ2) is 5.08. The van der Waals surface area contributed by atoms with Crippen molar-refractivity contribution in [2.75, 3.05) is 25.1 Å². The Balaban J connectivity index is 1.64. The number of hydrogen-bond donors (Lipinski definition) is 1. The molecular weight excluding hydrogens is 250 g/mol. The van der Waals surface area contributed by atoms with Crippen molar-refractivity contribution in [1.82, 2.24) is 0 Å². The molecule has 2 saturated heterocycles. The van der Waals surface area contributed by atoms with Crippen LogP contribution in [0, 0.1) is 0 Å². The predicted octanol–water partition coefficient (Wildman–Crippen LogP) is 3.09. The van der Waals surface area contributed by atoms with Crippen molar-refractivity contribution in [2.24, 2.45) is 0 Å².